The summed E-state index contributed by atoms with van der Waals surface area (Å²) in [5.74, 6) is -2.95. The Morgan fingerprint density at radius 3 is 2.64 bits per heavy atom. The van der Waals surface area contributed by atoms with Crippen LogP contribution in [0.1, 0.15) is 51.7 Å². The molecule has 1 aliphatic rings. The highest BCUT2D eigenvalue weighted by atomic mass is 32.2. The number of rotatable bonds is 4. The third-order valence-electron chi connectivity index (χ3n) is 3.46. The van der Waals surface area contributed by atoms with Gasteiger partial charge in [0.25, 0.3) is 5.92 Å². The minimum atomic E-state index is -2.95. The fourth-order valence-corrected chi connectivity index (χ4v) is 2.78. The molecule has 1 aromatic rings. The molecule has 0 N–H and O–H groups in total. The van der Waals surface area contributed by atoms with Crippen molar-refractivity contribution < 1.29 is 13.5 Å². The van der Waals surface area contributed by atoms with Gasteiger partial charge in [0, 0.05) is 16.9 Å². The monoisotopic (exact) mass is 327 g/mol. The van der Waals surface area contributed by atoms with Crippen LogP contribution in [-0.4, -0.2) is 23.2 Å². The van der Waals surface area contributed by atoms with Crippen molar-refractivity contribution >= 4 is 17.7 Å². The normalized spacial score (nSPS) is 20.5. The first kappa shape index (κ1) is 17.4. The average Bonchev–Trinajstić information content (AvgIpc) is 2.99. The van der Waals surface area contributed by atoms with E-state index in [2.05, 4.69) is 25.2 Å². The average molecular weight is 327 g/mol. The zero-order valence-corrected chi connectivity index (χ0v) is 14.3. The largest absolute Gasteiger partial charge is 0.372 e. The first-order chi connectivity index (χ1) is 10.2. The zero-order valence-electron chi connectivity index (χ0n) is 13.5. The van der Waals surface area contributed by atoms with Crippen molar-refractivity contribution in [3.8, 4) is 0 Å². The van der Waals surface area contributed by atoms with Crippen LogP contribution < -0.4 is 0 Å². The Balaban J connectivity index is 2.22. The lowest BCUT2D eigenvalue weighted by Crippen LogP contribution is -2.30. The van der Waals surface area contributed by atoms with Gasteiger partial charge in [-0.25, -0.2) is 4.40 Å². The van der Waals surface area contributed by atoms with E-state index >= 15 is 0 Å². The van der Waals surface area contributed by atoms with Crippen LogP contribution in [0.5, 0.6) is 0 Å². The van der Waals surface area contributed by atoms with Crippen molar-refractivity contribution in [2.45, 2.75) is 57.3 Å². The number of ether oxygens (including phenoxy) is 1. The molecule has 0 aromatic heterocycles. The Morgan fingerprint density at radius 1 is 1.32 bits per heavy atom. The van der Waals surface area contributed by atoms with Crippen molar-refractivity contribution in [3.05, 3.63) is 35.4 Å². The van der Waals surface area contributed by atoms with Gasteiger partial charge in [0.2, 0.25) is 0 Å². The minimum Gasteiger partial charge on any atom is -0.372 e. The van der Waals surface area contributed by atoms with Gasteiger partial charge in [0.1, 0.15) is 6.10 Å². The molecule has 122 valence electrons. The second-order valence-corrected chi connectivity index (χ2v) is 8.18. The summed E-state index contributed by atoms with van der Waals surface area (Å²) in [6.45, 7) is 8.47. The zero-order chi connectivity index (χ0) is 16.4. The summed E-state index contributed by atoms with van der Waals surface area (Å²) in [5, 5.41) is 0. The number of benzene rings is 1. The van der Waals surface area contributed by atoms with Crippen LogP contribution in [0, 0.1) is 0 Å². The molecule has 0 saturated carbocycles. The van der Waals surface area contributed by atoms with E-state index in [-0.39, 0.29) is 10.3 Å². The van der Waals surface area contributed by atoms with E-state index < -0.39 is 12.0 Å². The topological polar surface area (TPSA) is 21.6 Å². The Labute approximate surface area is 135 Å². The molecule has 0 radical (unpaired) electrons. The Morgan fingerprint density at radius 2 is 2.05 bits per heavy atom. The van der Waals surface area contributed by atoms with Gasteiger partial charge in [-0.15, -0.1) is 0 Å². The molecule has 0 spiro atoms. The van der Waals surface area contributed by atoms with Crippen molar-refractivity contribution in [2.75, 3.05) is 6.61 Å². The predicted octanol–water partition coefficient (Wildman–Crippen LogP) is 5.21. The lowest BCUT2D eigenvalue weighted by atomic mass is 9.98. The molecular weight excluding hydrogens is 304 g/mol. The summed E-state index contributed by atoms with van der Waals surface area (Å²) in [7, 11) is 0. The SMILES string of the molecule is C/C(=N\SC(C)(C)C)c1cccc(C(F)(F)C2CCCO2)c1. The van der Waals surface area contributed by atoms with Crippen LogP contribution in [0.4, 0.5) is 8.78 Å². The third kappa shape index (κ3) is 4.29. The van der Waals surface area contributed by atoms with E-state index in [0.29, 0.717) is 19.4 Å². The molecule has 1 aromatic carbocycles. The van der Waals surface area contributed by atoms with Gasteiger partial charge in [-0.1, -0.05) is 18.2 Å². The van der Waals surface area contributed by atoms with Crippen molar-refractivity contribution in [2.24, 2.45) is 4.40 Å². The second kappa shape index (κ2) is 6.67. The molecule has 1 atom stereocenters. The van der Waals surface area contributed by atoms with Crippen LogP contribution in [-0.2, 0) is 10.7 Å². The first-order valence-electron chi connectivity index (χ1n) is 7.53. The molecule has 2 nitrogen and oxygen atoms in total. The fraction of sp³-hybridized carbons (Fsp3) is 0.588. The fourth-order valence-electron chi connectivity index (χ4n) is 2.26. The van der Waals surface area contributed by atoms with Gasteiger partial charge in [-0.3, -0.25) is 0 Å². The maximum atomic E-state index is 14.5. The Bertz CT molecular complexity index is 546. The maximum absolute atomic E-state index is 14.5. The van der Waals surface area contributed by atoms with Gasteiger partial charge >= 0.3 is 0 Å². The van der Waals surface area contributed by atoms with E-state index in [9.17, 15) is 8.78 Å². The lowest BCUT2D eigenvalue weighted by molar-refractivity contribution is -0.122. The van der Waals surface area contributed by atoms with Crippen molar-refractivity contribution in [3.63, 3.8) is 0 Å². The van der Waals surface area contributed by atoms with E-state index in [1.807, 2.05) is 13.0 Å². The van der Waals surface area contributed by atoms with Gasteiger partial charge in [-0.05, 0) is 64.1 Å². The highest BCUT2D eigenvalue weighted by molar-refractivity contribution is 7.99. The lowest BCUT2D eigenvalue weighted by Gasteiger charge is -2.23. The number of alkyl halides is 2. The molecule has 1 unspecified atom stereocenters. The van der Waals surface area contributed by atoms with Crippen LogP contribution in [0.25, 0.3) is 0 Å². The first-order valence-corrected chi connectivity index (χ1v) is 8.30. The number of halogens is 2. The molecule has 5 heteroatoms. The van der Waals surface area contributed by atoms with Crippen LogP contribution >= 0.6 is 11.9 Å². The molecule has 0 aliphatic carbocycles. The van der Waals surface area contributed by atoms with E-state index in [4.69, 9.17) is 4.74 Å². The molecule has 1 saturated heterocycles. The summed E-state index contributed by atoms with van der Waals surface area (Å²) in [6, 6.07) is 6.48. The highest BCUT2D eigenvalue weighted by Gasteiger charge is 2.44. The summed E-state index contributed by atoms with van der Waals surface area (Å²) < 4.78 is 38.6. The summed E-state index contributed by atoms with van der Waals surface area (Å²) in [6.07, 6.45) is 0.0938. The van der Waals surface area contributed by atoms with Gasteiger partial charge in [-0.2, -0.15) is 8.78 Å². The van der Waals surface area contributed by atoms with Crippen LogP contribution in [0.15, 0.2) is 28.7 Å². The van der Waals surface area contributed by atoms with E-state index in [1.54, 1.807) is 6.07 Å². The third-order valence-corrected chi connectivity index (χ3v) is 4.37. The minimum absolute atomic E-state index is 0.000491. The van der Waals surface area contributed by atoms with Crippen LogP contribution in [0.2, 0.25) is 0 Å². The second-order valence-electron chi connectivity index (χ2n) is 6.59. The highest BCUT2D eigenvalue weighted by Crippen LogP contribution is 2.38. The molecule has 0 amide bonds. The number of hydrogen-bond donors (Lipinski definition) is 0. The summed E-state index contributed by atoms with van der Waals surface area (Å²) >= 11 is 1.45. The molecule has 1 aliphatic heterocycles. The summed E-state index contributed by atoms with van der Waals surface area (Å²) in [5.41, 5.74) is 1.49. The smallest absolute Gasteiger partial charge is 0.298 e. The molecule has 1 fully saturated rings. The molecule has 2 rings (SSSR count). The Hall–Kier alpha value is -0.940. The Kier molecular flexibility index (Phi) is 5.28. The van der Waals surface area contributed by atoms with Gasteiger partial charge in [0.05, 0.1) is 5.71 Å². The van der Waals surface area contributed by atoms with Crippen molar-refractivity contribution in [1.29, 1.82) is 0 Å². The number of hydrogen-bond acceptors (Lipinski definition) is 3. The standard InChI is InChI=1S/C17H23F2NOS/c1-12(20-22-16(2,3)4)13-7-5-8-14(11-13)17(18,19)15-9-6-10-21-15/h5,7-8,11,15H,6,9-10H2,1-4H3/b20-12+. The van der Waals surface area contributed by atoms with E-state index in [1.165, 1.54) is 24.1 Å². The molecule has 0 bridgehead atoms. The summed E-state index contributed by atoms with van der Waals surface area (Å²) in [4.78, 5) is 0. The molecular formula is C17H23F2NOS. The molecule has 22 heavy (non-hydrogen) atoms. The van der Waals surface area contributed by atoms with Gasteiger partial charge < -0.3 is 4.74 Å². The van der Waals surface area contributed by atoms with Gasteiger partial charge in [0.15, 0.2) is 0 Å². The molecule has 1 heterocycles. The quantitative estimate of drug-likeness (QED) is 0.559. The van der Waals surface area contributed by atoms with Crippen molar-refractivity contribution in [1.82, 2.24) is 0 Å². The predicted molar refractivity (Wildman–Crippen MR) is 88.9 cm³/mol. The van der Waals surface area contributed by atoms with Crippen LogP contribution in [0.3, 0.4) is 0 Å². The van der Waals surface area contributed by atoms with E-state index in [0.717, 1.165) is 11.3 Å². The number of nitrogens with zero attached hydrogens (tertiary/aromatic N) is 1. The maximum Gasteiger partial charge on any atom is 0.298 e.